The second-order valence-corrected chi connectivity index (χ2v) is 5.41. The molecule has 0 aliphatic carbocycles. The average Bonchev–Trinajstić information content (AvgIpc) is 3.09. The van der Waals surface area contributed by atoms with E-state index >= 15 is 0 Å². The minimum absolute atomic E-state index is 0.169. The largest absolute Gasteiger partial charge is 0.462 e. The lowest BCUT2D eigenvalue weighted by atomic mass is 10.1. The maximum atomic E-state index is 11.9. The minimum Gasteiger partial charge on any atom is -0.462 e. The van der Waals surface area contributed by atoms with Gasteiger partial charge in [0.2, 0.25) is 0 Å². The normalized spacial score (nSPS) is 10.9. The standard InChI is InChI=1S/C19H16ClNO5/c1-3-24-18(22)13(11-21)9-14-6-8-17(26-14)12-5-7-16(20)15(10-12)19(23)25-4-2/h5-10H,3-4H2,1-2H3/b13-9+. The van der Waals surface area contributed by atoms with Crippen molar-refractivity contribution >= 4 is 29.6 Å². The molecule has 2 aromatic rings. The molecular weight excluding hydrogens is 358 g/mol. The number of carbonyl (C=O) groups is 2. The molecule has 134 valence electrons. The molecular formula is C19H16ClNO5. The zero-order valence-electron chi connectivity index (χ0n) is 14.2. The van der Waals surface area contributed by atoms with E-state index in [0.717, 1.165) is 0 Å². The van der Waals surface area contributed by atoms with E-state index in [-0.39, 0.29) is 29.4 Å². The van der Waals surface area contributed by atoms with Crippen LogP contribution in [0.2, 0.25) is 5.02 Å². The van der Waals surface area contributed by atoms with Crippen LogP contribution >= 0.6 is 11.6 Å². The van der Waals surface area contributed by atoms with Crippen molar-refractivity contribution in [3.63, 3.8) is 0 Å². The van der Waals surface area contributed by atoms with E-state index in [9.17, 15) is 9.59 Å². The zero-order valence-corrected chi connectivity index (χ0v) is 15.0. The van der Waals surface area contributed by atoms with Crippen LogP contribution in [0.15, 0.2) is 40.3 Å². The van der Waals surface area contributed by atoms with Gasteiger partial charge in [0.25, 0.3) is 0 Å². The van der Waals surface area contributed by atoms with Crippen molar-refractivity contribution in [2.24, 2.45) is 0 Å². The van der Waals surface area contributed by atoms with Crippen LogP contribution in [0.4, 0.5) is 0 Å². The molecule has 0 unspecified atom stereocenters. The number of esters is 2. The first-order valence-corrected chi connectivity index (χ1v) is 8.23. The summed E-state index contributed by atoms with van der Waals surface area (Å²) >= 11 is 6.04. The molecule has 1 aromatic carbocycles. The number of hydrogen-bond donors (Lipinski definition) is 0. The molecule has 0 bridgehead atoms. The highest BCUT2D eigenvalue weighted by Gasteiger charge is 2.15. The number of benzene rings is 1. The van der Waals surface area contributed by atoms with E-state index in [1.807, 2.05) is 0 Å². The van der Waals surface area contributed by atoms with Crippen LogP contribution in [0.25, 0.3) is 17.4 Å². The number of rotatable bonds is 6. The number of nitrogens with zero attached hydrogens (tertiary/aromatic N) is 1. The van der Waals surface area contributed by atoms with Crippen molar-refractivity contribution in [3.05, 3.63) is 52.3 Å². The van der Waals surface area contributed by atoms with Crippen LogP contribution in [0.5, 0.6) is 0 Å². The fourth-order valence-electron chi connectivity index (χ4n) is 2.12. The predicted octanol–water partition coefficient (Wildman–Crippen LogP) is 4.25. The molecule has 0 saturated heterocycles. The predicted molar refractivity (Wildman–Crippen MR) is 95.3 cm³/mol. The zero-order chi connectivity index (χ0) is 19.1. The van der Waals surface area contributed by atoms with Crippen LogP contribution in [0.1, 0.15) is 30.0 Å². The number of hydrogen-bond acceptors (Lipinski definition) is 6. The smallest absolute Gasteiger partial charge is 0.349 e. The van der Waals surface area contributed by atoms with Crippen molar-refractivity contribution in [1.82, 2.24) is 0 Å². The Labute approximate surface area is 155 Å². The fourth-order valence-corrected chi connectivity index (χ4v) is 2.31. The molecule has 0 amide bonds. The third kappa shape index (κ3) is 4.52. The molecule has 7 heteroatoms. The van der Waals surface area contributed by atoms with E-state index in [2.05, 4.69) is 0 Å². The topological polar surface area (TPSA) is 89.5 Å². The summed E-state index contributed by atoms with van der Waals surface area (Å²) in [5.74, 6) is -0.499. The monoisotopic (exact) mass is 373 g/mol. The minimum atomic E-state index is -0.718. The van der Waals surface area contributed by atoms with Crippen molar-refractivity contribution in [2.75, 3.05) is 13.2 Å². The SMILES string of the molecule is CCOC(=O)/C(C#N)=C/c1ccc(-c2ccc(Cl)c(C(=O)OCC)c2)o1. The summed E-state index contributed by atoms with van der Waals surface area (Å²) in [5.41, 5.74) is 0.659. The molecule has 1 heterocycles. The molecule has 2 rings (SSSR count). The Kier molecular flexibility index (Phi) is 6.59. The lowest BCUT2D eigenvalue weighted by Crippen LogP contribution is -2.05. The van der Waals surface area contributed by atoms with Gasteiger partial charge >= 0.3 is 11.9 Å². The second-order valence-electron chi connectivity index (χ2n) is 5.01. The summed E-state index contributed by atoms with van der Waals surface area (Å²) in [6.45, 7) is 3.76. The van der Waals surface area contributed by atoms with Gasteiger partial charge in [-0.3, -0.25) is 0 Å². The van der Waals surface area contributed by atoms with E-state index in [1.54, 1.807) is 50.2 Å². The third-order valence-corrected chi connectivity index (χ3v) is 3.60. The van der Waals surface area contributed by atoms with Crippen LogP contribution in [0.3, 0.4) is 0 Å². The van der Waals surface area contributed by atoms with Crippen LogP contribution in [-0.2, 0) is 14.3 Å². The quantitative estimate of drug-likeness (QED) is 0.427. The van der Waals surface area contributed by atoms with Crippen molar-refractivity contribution in [1.29, 1.82) is 5.26 Å². The highest BCUT2D eigenvalue weighted by molar-refractivity contribution is 6.33. The average molecular weight is 374 g/mol. The molecule has 0 aliphatic heterocycles. The Hall–Kier alpha value is -3.04. The highest BCUT2D eigenvalue weighted by Crippen LogP contribution is 2.28. The van der Waals surface area contributed by atoms with Crippen molar-refractivity contribution < 1.29 is 23.5 Å². The first-order chi connectivity index (χ1) is 12.5. The van der Waals surface area contributed by atoms with E-state index in [1.165, 1.54) is 6.08 Å². The van der Waals surface area contributed by atoms with Crippen molar-refractivity contribution in [2.45, 2.75) is 13.8 Å². The number of furan rings is 1. The van der Waals surface area contributed by atoms with Gasteiger partial charge in [-0.1, -0.05) is 11.6 Å². The molecule has 0 aliphatic rings. The third-order valence-electron chi connectivity index (χ3n) is 3.28. The second kappa shape index (κ2) is 8.88. The first kappa shape index (κ1) is 19.3. The summed E-state index contributed by atoms with van der Waals surface area (Å²) < 4.78 is 15.4. The Morgan fingerprint density at radius 1 is 1.19 bits per heavy atom. The Morgan fingerprint density at radius 2 is 1.92 bits per heavy atom. The lowest BCUT2D eigenvalue weighted by Gasteiger charge is -2.06. The van der Waals surface area contributed by atoms with E-state index in [0.29, 0.717) is 17.1 Å². The van der Waals surface area contributed by atoms with Gasteiger partial charge in [0.15, 0.2) is 0 Å². The number of nitriles is 1. The van der Waals surface area contributed by atoms with Crippen LogP contribution in [0, 0.1) is 11.3 Å². The van der Waals surface area contributed by atoms with Gasteiger partial charge in [0.1, 0.15) is 23.2 Å². The highest BCUT2D eigenvalue weighted by atomic mass is 35.5. The number of halogens is 1. The van der Waals surface area contributed by atoms with E-state index < -0.39 is 11.9 Å². The summed E-state index contributed by atoms with van der Waals surface area (Å²) in [6, 6.07) is 9.85. The van der Waals surface area contributed by atoms with Gasteiger partial charge in [-0.15, -0.1) is 0 Å². The summed E-state index contributed by atoms with van der Waals surface area (Å²) in [5, 5.41) is 9.33. The summed E-state index contributed by atoms with van der Waals surface area (Å²) in [7, 11) is 0. The maximum absolute atomic E-state index is 11.9. The molecule has 0 N–H and O–H groups in total. The number of carbonyl (C=O) groups excluding carboxylic acids is 2. The molecule has 0 saturated carbocycles. The molecule has 0 radical (unpaired) electrons. The fraction of sp³-hybridized carbons (Fsp3) is 0.211. The molecule has 0 atom stereocenters. The summed E-state index contributed by atoms with van der Waals surface area (Å²) in [4.78, 5) is 23.6. The van der Waals surface area contributed by atoms with Gasteiger partial charge in [-0.05, 0) is 44.2 Å². The van der Waals surface area contributed by atoms with Crippen LogP contribution in [-0.4, -0.2) is 25.2 Å². The molecule has 0 spiro atoms. The van der Waals surface area contributed by atoms with Crippen LogP contribution < -0.4 is 0 Å². The van der Waals surface area contributed by atoms with Gasteiger partial charge in [0, 0.05) is 11.6 Å². The van der Waals surface area contributed by atoms with Gasteiger partial charge in [-0.25, -0.2) is 9.59 Å². The molecule has 0 fully saturated rings. The summed E-state index contributed by atoms with van der Waals surface area (Å²) in [6.07, 6.45) is 1.30. The van der Waals surface area contributed by atoms with Gasteiger partial charge in [-0.2, -0.15) is 5.26 Å². The first-order valence-electron chi connectivity index (χ1n) is 7.85. The van der Waals surface area contributed by atoms with Crippen molar-refractivity contribution in [3.8, 4) is 17.4 Å². The Morgan fingerprint density at radius 3 is 2.58 bits per heavy atom. The number of ether oxygens (including phenoxy) is 2. The van der Waals surface area contributed by atoms with Gasteiger partial charge < -0.3 is 13.9 Å². The van der Waals surface area contributed by atoms with Gasteiger partial charge in [0.05, 0.1) is 23.8 Å². The maximum Gasteiger partial charge on any atom is 0.349 e. The molecule has 6 nitrogen and oxygen atoms in total. The Bertz CT molecular complexity index is 892. The Balaban J connectivity index is 2.33. The molecule has 26 heavy (non-hydrogen) atoms. The van der Waals surface area contributed by atoms with E-state index in [4.69, 9.17) is 30.8 Å². The lowest BCUT2D eigenvalue weighted by molar-refractivity contribution is -0.137. The molecule has 1 aromatic heterocycles.